The fourth-order valence-corrected chi connectivity index (χ4v) is 1.74. The van der Waals surface area contributed by atoms with E-state index in [4.69, 9.17) is 4.52 Å². The van der Waals surface area contributed by atoms with Crippen LogP contribution in [0.2, 0.25) is 0 Å². The predicted molar refractivity (Wildman–Crippen MR) is 60.5 cm³/mol. The van der Waals surface area contributed by atoms with Crippen molar-refractivity contribution in [2.45, 2.75) is 19.9 Å². The second-order valence-corrected chi connectivity index (χ2v) is 4.30. The summed E-state index contributed by atoms with van der Waals surface area (Å²) in [6.45, 7) is 4.14. The molecule has 1 aromatic heterocycles. The van der Waals surface area contributed by atoms with E-state index in [0.29, 0.717) is 6.04 Å². The molecule has 0 spiro atoms. The summed E-state index contributed by atoms with van der Waals surface area (Å²) in [5.41, 5.74) is 0.788. The molecule has 2 aromatic rings. The van der Waals surface area contributed by atoms with Gasteiger partial charge in [-0.1, -0.05) is 11.2 Å². The summed E-state index contributed by atoms with van der Waals surface area (Å²) in [5.74, 6) is 0.802. The molecule has 0 atom stereocenters. The standard InChI is InChI=1S/C10H11BrN2O/c1-6(2)12-10-7-4-3-5-8(11)9(7)14-13-10/h3-6H,1-2H3,(H,12,13). The van der Waals surface area contributed by atoms with Gasteiger partial charge in [0.1, 0.15) is 0 Å². The molecule has 0 saturated heterocycles. The molecule has 14 heavy (non-hydrogen) atoms. The third-order valence-electron chi connectivity index (χ3n) is 1.88. The Labute approximate surface area is 90.6 Å². The number of fused-ring (bicyclic) bond motifs is 1. The summed E-state index contributed by atoms with van der Waals surface area (Å²) in [6.07, 6.45) is 0. The number of halogens is 1. The maximum Gasteiger partial charge on any atom is 0.183 e. The molecule has 0 aliphatic heterocycles. The monoisotopic (exact) mass is 254 g/mol. The summed E-state index contributed by atoms with van der Waals surface area (Å²) in [7, 11) is 0. The minimum Gasteiger partial charge on any atom is -0.365 e. The van der Waals surface area contributed by atoms with E-state index in [2.05, 4.69) is 40.3 Å². The molecule has 0 fully saturated rings. The zero-order valence-corrected chi connectivity index (χ0v) is 9.63. The van der Waals surface area contributed by atoms with Gasteiger partial charge in [-0.15, -0.1) is 0 Å². The van der Waals surface area contributed by atoms with Crippen molar-refractivity contribution in [3.8, 4) is 0 Å². The van der Waals surface area contributed by atoms with Crippen LogP contribution in [0.1, 0.15) is 13.8 Å². The van der Waals surface area contributed by atoms with Crippen LogP contribution in [0.15, 0.2) is 27.2 Å². The van der Waals surface area contributed by atoms with E-state index in [1.807, 2.05) is 18.2 Å². The van der Waals surface area contributed by atoms with Crippen molar-refractivity contribution in [3.05, 3.63) is 22.7 Å². The molecule has 0 unspecified atom stereocenters. The minimum atomic E-state index is 0.349. The Hall–Kier alpha value is -1.03. The van der Waals surface area contributed by atoms with Gasteiger partial charge in [0.25, 0.3) is 0 Å². The third kappa shape index (κ3) is 1.62. The Kier molecular flexibility index (Phi) is 2.46. The molecule has 0 saturated carbocycles. The molecule has 74 valence electrons. The van der Waals surface area contributed by atoms with Crippen molar-refractivity contribution in [1.82, 2.24) is 5.16 Å². The van der Waals surface area contributed by atoms with Gasteiger partial charge in [-0.3, -0.25) is 0 Å². The second-order valence-electron chi connectivity index (χ2n) is 3.45. The minimum absolute atomic E-state index is 0.349. The normalized spacial score (nSPS) is 11.1. The van der Waals surface area contributed by atoms with Crippen LogP contribution in [0, 0.1) is 0 Å². The first-order chi connectivity index (χ1) is 6.68. The number of anilines is 1. The molecule has 3 nitrogen and oxygen atoms in total. The maximum atomic E-state index is 5.22. The lowest BCUT2D eigenvalue weighted by atomic mass is 10.2. The second kappa shape index (κ2) is 3.61. The van der Waals surface area contributed by atoms with Crippen molar-refractivity contribution >= 4 is 32.7 Å². The lowest BCUT2D eigenvalue weighted by Gasteiger charge is -2.04. The van der Waals surface area contributed by atoms with Crippen molar-refractivity contribution in [2.24, 2.45) is 0 Å². The Morgan fingerprint density at radius 3 is 2.93 bits per heavy atom. The molecule has 1 N–H and O–H groups in total. The van der Waals surface area contributed by atoms with Gasteiger partial charge in [-0.05, 0) is 41.9 Å². The molecule has 0 amide bonds. The summed E-state index contributed by atoms with van der Waals surface area (Å²) < 4.78 is 6.15. The van der Waals surface area contributed by atoms with Gasteiger partial charge < -0.3 is 9.84 Å². The highest BCUT2D eigenvalue weighted by molar-refractivity contribution is 9.10. The number of benzene rings is 1. The van der Waals surface area contributed by atoms with Gasteiger partial charge in [-0.2, -0.15) is 0 Å². The first-order valence-electron chi connectivity index (χ1n) is 4.49. The molecule has 2 rings (SSSR count). The molecule has 4 heteroatoms. The Morgan fingerprint density at radius 1 is 1.43 bits per heavy atom. The number of para-hydroxylation sites is 1. The Balaban J connectivity index is 2.52. The molecule has 1 heterocycles. The van der Waals surface area contributed by atoms with E-state index < -0.39 is 0 Å². The van der Waals surface area contributed by atoms with Gasteiger partial charge >= 0.3 is 0 Å². The van der Waals surface area contributed by atoms with E-state index in [-0.39, 0.29) is 0 Å². The molecule has 1 aromatic carbocycles. The van der Waals surface area contributed by atoms with Crippen LogP contribution in [0.3, 0.4) is 0 Å². The van der Waals surface area contributed by atoms with Crippen LogP contribution < -0.4 is 5.32 Å². The highest BCUT2D eigenvalue weighted by atomic mass is 79.9. The van der Waals surface area contributed by atoms with E-state index in [1.165, 1.54) is 0 Å². The maximum absolute atomic E-state index is 5.22. The van der Waals surface area contributed by atoms with Crippen molar-refractivity contribution in [1.29, 1.82) is 0 Å². The molecule has 0 aliphatic rings. The summed E-state index contributed by atoms with van der Waals surface area (Å²) in [4.78, 5) is 0. The topological polar surface area (TPSA) is 38.1 Å². The Bertz CT molecular complexity index is 450. The van der Waals surface area contributed by atoms with Crippen LogP contribution in [-0.2, 0) is 0 Å². The first-order valence-corrected chi connectivity index (χ1v) is 5.28. The van der Waals surface area contributed by atoms with E-state index >= 15 is 0 Å². The predicted octanol–water partition coefficient (Wildman–Crippen LogP) is 3.41. The van der Waals surface area contributed by atoms with Gasteiger partial charge in [0, 0.05) is 6.04 Å². The third-order valence-corrected chi connectivity index (χ3v) is 2.50. The van der Waals surface area contributed by atoms with E-state index in [0.717, 1.165) is 21.3 Å². The van der Waals surface area contributed by atoms with E-state index in [1.54, 1.807) is 0 Å². The molecule has 0 aliphatic carbocycles. The summed E-state index contributed by atoms with van der Waals surface area (Å²) >= 11 is 3.41. The van der Waals surface area contributed by atoms with Crippen molar-refractivity contribution < 1.29 is 4.52 Å². The molecule has 0 bridgehead atoms. The van der Waals surface area contributed by atoms with Gasteiger partial charge in [-0.25, -0.2) is 0 Å². The van der Waals surface area contributed by atoms with Crippen LogP contribution in [0.5, 0.6) is 0 Å². The van der Waals surface area contributed by atoms with Gasteiger partial charge in [0.15, 0.2) is 11.4 Å². The Morgan fingerprint density at radius 2 is 2.21 bits per heavy atom. The number of nitrogens with zero attached hydrogens (tertiary/aromatic N) is 1. The number of hydrogen-bond acceptors (Lipinski definition) is 3. The van der Waals surface area contributed by atoms with Gasteiger partial charge in [0.05, 0.1) is 9.86 Å². The summed E-state index contributed by atoms with van der Waals surface area (Å²) in [5, 5.41) is 8.22. The fraction of sp³-hybridized carbons (Fsp3) is 0.300. The highest BCUT2D eigenvalue weighted by Crippen LogP contribution is 2.29. The van der Waals surface area contributed by atoms with E-state index in [9.17, 15) is 0 Å². The smallest absolute Gasteiger partial charge is 0.183 e. The first kappa shape index (κ1) is 9.52. The SMILES string of the molecule is CC(C)Nc1noc2c(Br)cccc12. The number of nitrogens with one attached hydrogen (secondary N) is 1. The van der Waals surface area contributed by atoms with Gasteiger partial charge in [0.2, 0.25) is 0 Å². The highest BCUT2D eigenvalue weighted by Gasteiger charge is 2.10. The molecular weight excluding hydrogens is 244 g/mol. The average Bonchev–Trinajstić information content (AvgIpc) is 2.49. The largest absolute Gasteiger partial charge is 0.365 e. The van der Waals surface area contributed by atoms with Crippen LogP contribution >= 0.6 is 15.9 Å². The zero-order valence-electron chi connectivity index (χ0n) is 8.04. The number of hydrogen-bond donors (Lipinski definition) is 1. The van der Waals surface area contributed by atoms with Crippen molar-refractivity contribution in [3.63, 3.8) is 0 Å². The van der Waals surface area contributed by atoms with Crippen LogP contribution in [0.4, 0.5) is 5.82 Å². The average molecular weight is 255 g/mol. The number of rotatable bonds is 2. The number of aromatic nitrogens is 1. The summed E-state index contributed by atoms with van der Waals surface area (Å²) in [6, 6.07) is 6.24. The van der Waals surface area contributed by atoms with Crippen LogP contribution in [0.25, 0.3) is 11.0 Å². The lowest BCUT2D eigenvalue weighted by Crippen LogP contribution is -2.09. The zero-order chi connectivity index (χ0) is 10.1. The van der Waals surface area contributed by atoms with Crippen LogP contribution in [-0.4, -0.2) is 11.2 Å². The molecular formula is C10H11BrN2O. The fourth-order valence-electron chi connectivity index (χ4n) is 1.31. The quantitative estimate of drug-likeness (QED) is 0.893. The molecule has 0 radical (unpaired) electrons. The lowest BCUT2D eigenvalue weighted by molar-refractivity contribution is 0.457. The van der Waals surface area contributed by atoms with Crippen molar-refractivity contribution in [2.75, 3.05) is 5.32 Å².